The normalized spacial score (nSPS) is 16.2. The van der Waals surface area contributed by atoms with E-state index in [0.29, 0.717) is 6.42 Å². The fourth-order valence-electron chi connectivity index (χ4n) is 2.64. The summed E-state index contributed by atoms with van der Waals surface area (Å²) < 4.78 is 0. The Hall–Kier alpha value is -0.970. The number of carbonyl (C=O) groups excluding carboxylic acids is 1. The van der Waals surface area contributed by atoms with Crippen molar-refractivity contribution < 1.29 is 4.79 Å². The van der Waals surface area contributed by atoms with Crippen LogP contribution >= 0.6 is 24.8 Å². The first-order chi connectivity index (χ1) is 9.56. The van der Waals surface area contributed by atoms with Gasteiger partial charge in [0.1, 0.15) is 0 Å². The average Bonchev–Trinajstić information content (AvgIpc) is 2.91. The van der Waals surface area contributed by atoms with E-state index in [1.807, 2.05) is 13.8 Å². The first-order valence-corrected chi connectivity index (χ1v) is 7.46. The van der Waals surface area contributed by atoms with E-state index in [-0.39, 0.29) is 42.8 Å². The Kier molecular flexibility index (Phi) is 9.49. The molecule has 1 fully saturated rings. The topological polar surface area (TPSA) is 58.4 Å². The van der Waals surface area contributed by atoms with Crippen LogP contribution in [0.2, 0.25) is 0 Å². The van der Waals surface area contributed by atoms with Gasteiger partial charge < -0.3 is 16.0 Å². The van der Waals surface area contributed by atoms with Gasteiger partial charge in [0, 0.05) is 31.2 Å². The van der Waals surface area contributed by atoms with Crippen LogP contribution in [0, 0.1) is 0 Å². The van der Waals surface area contributed by atoms with Gasteiger partial charge in [-0.3, -0.25) is 4.79 Å². The molecule has 0 saturated carbocycles. The molecule has 6 heteroatoms. The summed E-state index contributed by atoms with van der Waals surface area (Å²) in [4.78, 5) is 14.2. The van der Waals surface area contributed by atoms with E-state index in [0.717, 1.165) is 18.7 Å². The highest BCUT2D eigenvalue weighted by Gasteiger charge is 2.15. The number of nitrogens with one attached hydrogen (secondary N) is 1. The highest BCUT2D eigenvalue weighted by Crippen LogP contribution is 2.23. The molecule has 2 unspecified atom stereocenters. The third-order valence-corrected chi connectivity index (χ3v) is 3.73. The van der Waals surface area contributed by atoms with E-state index in [1.165, 1.54) is 18.5 Å². The lowest BCUT2D eigenvalue weighted by atomic mass is 10.1. The molecule has 1 aliphatic heterocycles. The molecule has 0 aliphatic carbocycles. The molecule has 4 nitrogen and oxygen atoms in total. The molecule has 1 saturated heterocycles. The second-order valence-corrected chi connectivity index (χ2v) is 5.76. The van der Waals surface area contributed by atoms with E-state index >= 15 is 0 Å². The molecule has 1 amide bonds. The van der Waals surface area contributed by atoms with E-state index in [9.17, 15) is 4.79 Å². The number of nitrogens with zero attached hydrogens (tertiary/aromatic N) is 1. The summed E-state index contributed by atoms with van der Waals surface area (Å²) in [6.45, 7) is 6.13. The summed E-state index contributed by atoms with van der Waals surface area (Å²) >= 11 is 0. The lowest BCUT2D eigenvalue weighted by Crippen LogP contribution is -2.31. The maximum absolute atomic E-state index is 11.8. The van der Waals surface area contributed by atoms with E-state index in [4.69, 9.17) is 5.73 Å². The number of nitrogens with two attached hydrogens (primary N) is 1. The Labute approximate surface area is 145 Å². The van der Waals surface area contributed by atoms with Gasteiger partial charge in [-0.2, -0.15) is 0 Å². The van der Waals surface area contributed by atoms with Crippen LogP contribution in [0.3, 0.4) is 0 Å². The van der Waals surface area contributed by atoms with Crippen molar-refractivity contribution in [1.82, 2.24) is 5.32 Å². The zero-order valence-corrected chi connectivity index (χ0v) is 14.9. The summed E-state index contributed by atoms with van der Waals surface area (Å²) in [5.41, 5.74) is 8.05. The van der Waals surface area contributed by atoms with Crippen molar-refractivity contribution in [3.63, 3.8) is 0 Å². The molecule has 1 aromatic rings. The molecule has 0 bridgehead atoms. The third kappa shape index (κ3) is 6.03. The number of hydrogen-bond donors (Lipinski definition) is 2. The van der Waals surface area contributed by atoms with Crippen molar-refractivity contribution >= 4 is 36.4 Å². The van der Waals surface area contributed by atoms with Gasteiger partial charge in [-0.25, -0.2) is 0 Å². The maximum atomic E-state index is 11.8. The van der Waals surface area contributed by atoms with Crippen molar-refractivity contribution in [1.29, 1.82) is 0 Å². The molecular formula is C16H27Cl2N3O. The molecule has 0 radical (unpaired) electrons. The quantitative estimate of drug-likeness (QED) is 0.860. The zero-order valence-electron chi connectivity index (χ0n) is 13.2. The molecule has 2 atom stereocenters. The van der Waals surface area contributed by atoms with Crippen LogP contribution in [0.5, 0.6) is 0 Å². The van der Waals surface area contributed by atoms with Crippen molar-refractivity contribution in [3.05, 3.63) is 29.8 Å². The predicted molar refractivity (Wildman–Crippen MR) is 97.2 cm³/mol. The SMILES string of the molecule is CC(N)CC(=O)NC(C)c1cccc(N2CCCC2)c1.Cl.Cl. The molecule has 2 rings (SSSR count). The first kappa shape index (κ1) is 21.0. The van der Waals surface area contributed by atoms with Gasteiger partial charge in [-0.1, -0.05) is 12.1 Å². The Morgan fingerprint density at radius 3 is 2.50 bits per heavy atom. The zero-order chi connectivity index (χ0) is 14.5. The predicted octanol–water partition coefficient (Wildman–Crippen LogP) is 3.04. The largest absolute Gasteiger partial charge is 0.372 e. The van der Waals surface area contributed by atoms with Crippen molar-refractivity contribution in [2.24, 2.45) is 5.73 Å². The average molecular weight is 348 g/mol. The third-order valence-electron chi connectivity index (χ3n) is 3.73. The smallest absolute Gasteiger partial charge is 0.222 e. The molecule has 1 aromatic carbocycles. The van der Waals surface area contributed by atoms with Gasteiger partial charge in [0.25, 0.3) is 0 Å². The molecule has 0 aromatic heterocycles. The molecule has 22 heavy (non-hydrogen) atoms. The van der Waals surface area contributed by atoms with Crippen molar-refractivity contribution in [2.45, 2.75) is 45.2 Å². The van der Waals surface area contributed by atoms with Crippen LogP contribution in [-0.2, 0) is 4.79 Å². The summed E-state index contributed by atoms with van der Waals surface area (Å²) in [5, 5.41) is 3.01. The molecule has 1 heterocycles. The van der Waals surface area contributed by atoms with Crippen LogP contribution < -0.4 is 16.0 Å². The van der Waals surface area contributed by atoms with Crippen LogP contribution in [0.4, 0.5) is 5.69 Å². The minimum absolute atomic E-state index is 0. The van der Waals surface area contributed by atoms with Crippen LogP contribution in [-0.4, -0.2) is 25.0 Å². The highest BCUT2D eigenvalue weighted by atomic mass is 35.5. The Morgan fingerprint density at radius 2 is 1.91 bits per heavy atom. The standard InChI is InChI=1S/C16H25N3O.2ClH/c1-12(17)10-16(20)18-13(2)14-6-5-7-15(11-14)19-8-3-4-9-19;;/h5-7,11-13H,3-4,8-10,17H2,1-2H3,(H,18,20);2*1H. The van der Waals surface area contributed by atoms with Crippen molar-refractivity contribution in [2.75, 3.05) is 18.0 Å². The number of carbonyl (C=O) groups is 1. The molecule has 3 N–H and O–H groups in total. The lowest BCUT2D eigenvalue weighted by molar-refractivity contribution is -0.122. The van der Waals surface area contributed by atoms with Gasteiger partial charge in [0.15, 0.2) is 0 Å². The Balaban J connectivity index is 0.00000220. The first-order valence-electron chi connectivity index (χ1n) is 7.46. The van der Waals surface area contributed by atoms with Crippen molar-refractivity contribution in [3.8, 4) is 0 Å². The number of amides is 1. The van der Waals surface area contributed by atoms with Gasteiger partial charge in [-0.05, 0) is 44.4 Å². The van der Waals surface area contributed by atoms with Crippen LogP contribution in [0.1, 0.15) is 44.7 Å². The van der Waals surface area contributed by atoms with Gasteiger partial charge in [-0.15, -0.1) is 24.8 Å². The van der Waals surface area contributed by atoms with E-state index in [2.05, 4.69) is 34.5 Å². The summed E-state index contributed by atoms with van der Waals surface area (Å²) in [6, 6.07) is 8.38. The summed E-state index contributed by atoms with van der Waals surface area (Å²) in [5.74, 6) is 0.0130. The highest BCUT2D eigenvalue weighted by molar-refractivity contribution is 5.85. The maximum Gasteiger partial charge on any atom is 0.222 e. The molecule has 0 spiro atoms. The second kappa shape index (κ2) is 9.93. The second-order valence-electron chi connectivity index (χ2n) is 5.76. The van der Waals surface area contributed by atoms with Crippen LogP contribution in [0.15, 0.2) is 24.3 Å². The summed E-state index contributed by atoms with van der Waals surface area (Å²) in [7, 11) is 0. The number of rotatable bonds is 5. The number of anilines is 1. The van der Waals surface area contributed by atoms with Gasteiger partial charge in [0.2, 0.25) is 5.91 Å². The van der Waals surface area contributed by atoms with E-state index in [1.54, 1.807) is 0 Å². The van der Waals surface area contributed by atoms with Gasteiger partial charge >= 0.3 is 0 Å². The fraction of sp³-hybridized carbons (Fsp3) is 0.562. The minimum atomic E-state index is -0.0989. The van der Waals surface area contributed by atoms with E-state index < -0.39 is 0 Å². The summed E-state index contributed by atoms with van der Waals surface area (Å²) in [6.07, 6.45) is 2.91. The molecular weight excluding hydrogens is 321 g/mol. The Bertz CT molecular complexity index is 462. The Morgan fingerprint density at radius 1 is 1.27 bits per heavy atom. The monoisotopic (exact) mass is 347 g/mol. The number of benzene rings is 1. The number of halogens is 2. The number of hydrogen-bond acceptors (Lipinski definition) is 3. The van der Waals surface area contributed by atoms with Gasteiger partial charge in [0.05, 0.1) is 6.04 Å². The molecule has 1 aliphatic rings. The molecule has 126 valence electrons. The minimum Gasteiger partial charge on any atom is -0.372 e. The fourth-order valence-corrected chi connectivity index (χ4v) is 2.64. The lowest BCUT2D eigenvalue weighted by Gasteiger charge is -2.21. The van der Waals surface area contributed by atoms with Crippen LogP contribution in [0.25, 0.3) is 0 Å².